The van der Waals surface area contributed by atoms with E-state index in [0.717, 1.165) is 12.1 Å². The van der Waals surface area contributed by atoms with Crippen LogP contribution in [-0.2, 0) is 4.74 Å². The summed E-state index contributed by atoms with van der Waals surface area (Å²) in [5.74, 6) is -0.224. The van der Waals surface area contributed by atoms with Gasteiger partial charge < -0.3 is 15.4 Å². The molecule has 1 rings (SSSR count). The number of methoxy groups -OCH3 is 1. The normalized spacial score (nSPS) is 12.5. The molecule has 0 fully saturated rings. The van der Waals surface area contributed by atoms with Crippen LogP contribution in [0.3, 0.4) is 0 Å². The lowest BCUT2D eigenvalue weighted by Gasteiger charge is -2.23. The van der Waals surface area contributed by atoms with E-state index in [2.05, 4.69) is 0 Å². The molecule has 0 saturated heterocycles. The van der Waals surface area contributed by atoms with E-state index in [0.29, 0.717) is 18.8 Å². The van der Waals surface area contributed by atoms with Crippen LogP contribution >= 0.6 is 0 Å². The van der Waals surface area contributed by atoms with Gasteiger partial charge in [0.2, 0.25) is 0 Å². The number of rotatable bonds is 6. The Labute approximate surface area is 102 Å². The van der Waals surface area contributed by atoms with E-state index < -0.39 is 0 Å². The molecule has 3 nitrogen and oxygen atoms in total. The van der Waals surface area contributed by atoms with Gasteiger partial charge in [0.1, 0.15) is 5.82 Å². The first kappa shape index (κ1) is 13.9. The molecular formula is C13H21FN2O. The number of halogens is 1. The van der Waals surface area contributed by atoms with E-state index in [1.807, 2.05) is 24.8 Å². The molecule has 1 aromatic carbocycles. The van der Waals surface area contributed by atoms with E-state index in [1.165, 1.54) is 6.07 Å². The molecule has 0 aliphatic carbocycles. The van der Waals surface area contributed by atoms with E-state index >= 15 is 0 Å². The molecule has 2 N–H and O–H groups in total. The summed E-state index contributed by atoms with van der Waals surface area (Å²) < 4.78 is 19.0. The second-order valence-electron chi connectivity index (χ2n) is 4.07. The zero-order valence-electron chi connectivity index (χ0n) is 10.7. The molecule has 4 heteroatoms. The zero-order chi connectivity index (χ0) is 12.8. The molecule has 1 aromatic rings. The minimum absolute atomic E-state index is 0.146. The molecule has 0 aliphatic rings. The maximum Gasteiger partial charge on any atom is 0.146 e. The van der Waals surface area contributed by atoms with E-state index in [9.17, 15) is 4.39 Å². The fraction of sp³-hybridized carbons (Fsp3) is 0.538. The lowest BCUT2D eigenvalue weighted by atomic mass is 10.1. The highest BCUT2D eigenvalue weighted by Gasteiger charge is 2.11. The minimum Gasteiger partial charge on any atom is -0.383 e. The van der Waals surface area contributed by atoms with E-state index in [4.69, 9.17) is 10.5 Å². The van der Waals surface area contributed by atoms with Gasteiger partial charge in [0.15, 0.2) is 0 Å². The van der Waals surface area contributed by atoms with Gasteiger partial charge in [-0.3, -0.25) is 0 Å². The van der Waals surface area contributed by atoms with Crippen molar-refractivity contribution in [3.63, 3.8) is 0 Å². The summed E-state index contributed by atoms with van der Waals surface area (Å²) in [6.45, 7) is 5.85. The smallest absolute Gasteiger partial charge is 0.146 e. The zero-order valence-corrected chi connectivity index (χ0v) is 10.7. The highest BCUT2D eigenvalue weighted by atomic mass is 19.1. The Morgan fingerprint density at radius 1 is 1.47 bits per heavy atom. The van der Waals surface area contributed by atoms with Crippen LogP contribution in [0, 0.1) is 5.82 Å². The number of nitrogens with two attached hydrogens (primary N) is 1. The van der Waals surface area contributed by atoms with Crippen LogP contribution < -0.4 is 10.6 Å². The second kappa shape index (κ2) is 6.57. The van der Waals surface area contributed by atoms with Crippen molar-refractivity contribution in [1.82, 2.24) is 0 Å². The lowest BCUT2D eigenvalue weighted by Crippen LogP contribution is -2.27. The summed E-state index contributed by atoms with van der Waals surface area (Å²) in [6.07, 6.45) is 0. The molecule has 0 saturated carbocycles. The van der Waals surface area contributed by atoms with Gasteiger partial charge in [-0.05, 0) is 31.5 Å². The highest BCUT2D eigenvalue weighted by molar-refractivity contribution is 5.49. The molecule has 0 aromatic heterocycles. The van der Waals surface area contributed by atoms with Gasteiger partial charge >= 0.3 is 0 Å². The first-order valence-corrected chi connectivity index (χ1v) is 5.89. The monoisotopic (exact) mass is 240 g/mol. The Bertz CT molecular complexity index is 355. The second-order valence-corrected chi connectivity index (χ2v) is 4.07. The summed E-state index contributed by atoms with van der Waals surface area (Å²) in [5, 5.41) is 0. The van der Waals surface area contributed by atoms with Gasteiger partial charge in [0.05, 0.1) is 12.3 Å². The molecule has 0 amide bonds. The van der Waals surface area contributed by atoms with Crippen molar-refractivity contribution >= 4 is 5.69 Å². The third-order valence-electron chi connectivity index (χ3n) is 2.79. The molecule has 0 radical (unpaired) electrons. The summed E-state index contributed by atoms with van der Waals surface area (Å²) in [7, 11) is 1.64. The first-order valence-electron chi connectivity index (χ1n) is 5.89. The van der Waals surface area contributed by atoms with Crippen LogP contribution in [0.25, 0.3) is 0 Å². The summed E-state index contributed by atoms with van der Waals surface area (Å²) in [4.78, 5) is 1.95. The highest BCUT2D eigenvalue weighted by Crippen LogP contribution is 2.22. The van der Waals surface area contributed by atoms with Crippen molar-refractivity contribution in [3.05, 3.63) is 29.6 Å². The number of likely N-dealkylation sites (N-methyl/N-ethyl adjacent to an activating group) is 1. The maximum absolute atomic E-state index is 13.9. The van der Waals surface area contributed by atoms with Crippen LogP contribution in [-0.4, -0.2) is 26.8 Å². The SMILES string of the molecule is CCN(CCOC)c1ccc([C@@H](C)N)cc1F. The number of nitrogens with zero attached hydrogens (tertiary/aromatic N) is 1. The maximum atomic E-state index is 13.9. The molecule has 0 heterocycles. The summed E-state index contributed by atoms with van der Waals surface area (Å²) in [6, 6.07) is 5.02. The lowest BCUT2D eigenvalue weighted by molar-refractivity contribution is 0.205. The topological polar surface area (TPSA) is 38.5 Å². The van der Waals surface area contributed by atoms with Gasteiger partial charge in [0.25, 0.3) is 0 Å². The van der Waals surface area contributed by atoms with Gasteiger partial charge in [-0.25, -0.2) is 4.39 Å². The van der Waals surface area contributed by atoms with Crippen molar-refractivity contribution in [2.24, 2.45) is 5.73 Å². The largest absolute Gasteiger partial charge is 0.383 e. The van der Waals surface area contributed by atoms with Gasteiger partial charge in [-0.15, -0.1) is 0 Å². The van der Waals surface area contributed by atoms with E-state index in [1.54, 1.807) is 13.2 Å². The molecular weight excluding hydrogens is 219 g/mol. The minimum atomic E-state index is -0.224. The van der Waals surface area contributed by atoms with Gasteiger partial charge in [-0.2, -0.15) is 0 Å². The third-order valence-corrected chi connectivity index (χ3v) is 2.79. The summed E-state index contributed by atoms with van der Waals surface area (Å²) in [5.41, 5.74) is 7.14. The molecule has 0 aliphatic heterocycles. The van der Waals surface area contributed by atoms with Crippen LogP contribution in [0.5, 0.6) is 0 Å². The van der Waals surface area contributed by atoms with Crippen molar-refractivity contribution < 1.29 is 9.13 Å². The molecule has 96 valence electrons. The fourth-order valence-electron chi connectivity index (χ4n) is 1.71. The molecule has 0 unspecified atom stereocenters. The van der Waals surface area contributed by atoms with Crippen molar-refractivity contribution in [3.8, 4) is 0 Å². The Kier molecular flexibility index (Phi) is 5.38. The van der Waals surface area contributed by atoms with E-state index in [-0.39, 0.29) is 11.9 Å². The molecule has 1 atom stereocenters. The van der Waals surface area contributed by atoms with Crippen molar-refractivity contribution in [2.75, 3.05) is 31.7 Å². The first-order chi connectivity index (χ1) is 8.10. The number of hydrogen-bond acceptors (Lipinski definition) is 3. The number of hydrogen-bond donors (Lipinski definition) is 1. The predicted molar refractivity (Wildman–Crippen MR) is 68.8 cm³/mol. The quantitative estimate of drug-likeness (QED) is 0.829. The summed E-state index contributed by atoms with van der Waals surface area (Å²) >= 11 is 0. The average Bonchev–Trinajstić information content (AvgIpc) is 2.31. The molecule has 17 heavy (non-hydrogen) atoms. The standard InChI is InChI=1S/C13H21FN2O/c1-4-16(7-8-17-3)13-6-5-11(10(2)15)9-12(13)14/h5-6,9-10H,4,7-8,15H2,1-3H3/t10-/m1/s1. The van der Waals surface area contributed by atoms with Gasteiger partial charge in [0, 0.05) is 26.2 Å². The Balaban J connectivity index is 2.88. The molecule has 0 spiro atoms. The predicted octanol–water partition coefficient (Wildman–Crippen LogP) is 2.32. The fourth-order valence-corrected chi connectivity index (χ4v) is 1.71. The van der Waals surface area contributed by atoms with Crippen LogP contribution in [0.15, 0.2) is 18.2 Å². The Morgan fingerprint density at radius 2 is 2.18 bits per heavy atom. The van der Waals surface area contributed by atoms with Gasteiger partial charge in [-0.1, -0.05) is 6.07 Å². The Morgan fingerprint density at radius 3 is 2.65 bits per heavy atom. The van der Waals surface area contributed by atoms with Crippen LogP contribution in [0.1, 0.15) is 25.5 Å². The average molecular weight is 240 g/mol. The third kappa shape index (κ3) is 3.68. The van der Waals surface area contributed by atoms with Crippen molar-refractivity contribution in [1.29, 1.82) is 0 Å². The van der Waals surface area contributed by atoms with Crippen LogP contribution in [0.2, 0.25) is 0 Å². The number of benzene rings is 1. The number of anilines is 1. The van der Waals surface area contributed by atoms with Crippen molar-refractivity contribution in [2.45, 2.75) is 19.9 Å². The molecule has 0 bridgehead atoms. The van der Waals surface area contributed by atoms with Crippen LogP contribution in [0.4, 0.5) is 10.1 Å². The number of ether oxygens (including phenoxy) is 1. The Hall–Kier alpha value is -1.13.